The van der Waals surface area contributed by atoms with E-state index in [0.717, 1.165) is 17.0 Å². The van der Waals surface area contributed by atoms with Gasteiger partial charge in [-0.2, -0.15) is 0 Å². The fourth-order valence-corrected chi connectivity index (χ4v) is 3.66. The molecule has 34 heavy (non-hydrogen) atoms. The first kappa shape index (κ1) is 25.0. The van der Waals surface area contributed by atoms with E-state index in [1.165, 1.54) is 31.3 Å². The van der Waals surface area contributed by atoms with Gasteiger partial charge in [0.15, 0.2) is 17.6 Å². The highest BCUT2D eigenvalue weighted by Gasteiger charge is 2.30. The van der Waals surface area contributed by atoms with E-state index >= 15 is 0 Å². The number of alkyl halides is 2. The number of amides is 1. The number of nitrogens with one attached hydrogen (secondary N) is 2. The van der Waals surface area contributed by atoms with Crippen LogP contribution in [0.2, 0.25) is 0 Å². The van der Waals surface area contributed by atoms with Crippen molar-refractivity contribution in [3.63, 3.8) is 0 Å². The number of pyridine rings is 1. The summed E-state index contributed by atoms with van der Waals surface area (Å²) in [6.07, 6.45) is -5.63. The van der Waals surface area contributed by atoms with Crippen LogP contribution in [0.1, 0.15) is 22.9 Å². The van der Waals surface area contributed by atoms with Gasteiger partial charge in [-0.25, -0.2) is 36.0 Å². The maximum absolute atomic E-state index is 14.1. The Kier molecular flexibility index (Phi) is 7.09. The molecule has 1 amide bonds. The van der Waals surface area contributed by atoms with Gasteiger partial charge < -0.3 is 4.74 Å². The number of hydrogen-bond acceptors (Lipinski definition) is 7. The van der Waals surface area contributed by atoms with Crippen molar-refractivity contribution in [1.82, 2.24) is 20.0 Å². The van der Waals surface area contributed by atoms with E-state index in [4.69, 9.17) is 4.74 Å². The van der Waals surface area contributed by atoms with E-state index in [-0.39, 0.29) is 22.9 Å². The molecule has 0 unspecified atom stereocenters. The predicted octanol–water partition coefficient (Wildman–Crippen LogP) is 3.56. The van der Waals surface area contributed by atoms with Gasteiger partial charge in [-0.15, -0.1) is 5.10 Å². The molecule has 0 saturated carbocycles. The molecule has 0 bridgehead atoms. The first-order valence-electron chi connectivity index (χ1n) is 9.73. The van der Waals surface area contributed by atoms with Gasteiger partial charge in [0, 0.05) is 12.6 Å². The first-order chi connectivity index (χ1) is 15.9. The average molecular weight is 498 g/mol. The van der Waals surface area contributed by atoms with Crippen LogP contribution in [-0.2, 0) is 21.8 Å². The number of rotatable bonds is 7. The van der Waals surface area contributed by atoms with Crippen molar-refractivity contribution in [1.29, 1.82) is 0 Å². The van der Waals surface area contributed by atoms with Gasteiger partial charge in [0.1, 0.15) is 5.82 Å². The molecule has 182 valence electrons. The molecule has 2 heterocycles. The minimum atomic E-state index is -3.53. The third-order valence-electron chi connectivity index (χ3n) is 4.59. The normalized spacial score (nSPS) is 12.5. The second kappa shape index (κ2) is 9.67. The highest BCUT2D eigenvalue weighted by molar-refractivity contribution is 7.92. The molecule has 0 fully saturated rings. The summed E-state index contributed by atoms with van der Waals surface area (Å²) < 4.78 is 72.5. The second-order valence-electron chi connectivity index (χ2n) is 7.42. The molecule has 2 N–H and O–H groups in total. The Hall–Kier alpha value is -3.68. The van der Waals surface area contributed by atoms with Gasteiger partial charge in [0.25, 0.3) is 6.43 Å². The molecule has 14 heteroatoms. The number of anilines is 2. The number of sulfonamides is 1. The summed E-state index contributed by atoms with van der Waals surface area (Å²) in [7, 11) is -2.09. The average Bonchev–Trinajstić information content (AvgIpc) is 3.08. The minimum Gasteiger partial charge on any atom is -0.435 e. The maximum Gasteiger partial charge on any atom is 0.413 e. The van der Waals surface area contributed by atoms with E-state index in [1.807, 2.05) is 0 Å². The highest BCUT2D eigenvalue weighted by atomic mass is 32.2. The van der Waals surface area contributed by atoms with E-state index < -0.39 is 40.0 Å². The van der Waals surface area contributed by atoms with Crippen LogP contribution in [0, 0.1) is 19.7 Å². The van der Waals surface area contributed by atoms with Gasteiger partial charge >= 0.3 is 6.09 Å². The number of ether oxygens (including phenoxy) is 1. The summed E-state index contributed by atoms with van der Waals surface area (Å²) in [5, 5.41) is 10.00. The summed E-state index contributed by atoms with van der Waals surface area (Å²) in [4.78, 5) is 16.7. The number of aromatic nitrogens is 4. The third-order valence-corrected chi connectivity index (χ3v) is 5.18. The van der Waals surface area contributed by atoms with Crippen molar-refractivity contribution in [2.24, 2.45) is 7.05 Å². The molecule has 10 nitrogen and oxygen atoms in total. The summed E-state index contributed by atoms with van der Waals surface area (Å²) in [5.74, 6) is -0.965. The monoisotopic (exact) mass is 498 g/mol. The van der Waals surface area contributed by atoms with Crippen molar-refractivity contribution in [3.05, 3.63) is 53.0 Å². The van der Waals surface area contributed by atoms with Gasteiger partial charge in [-0.1, -0.05) is 16.8 Å². The smallest absolute Gasteiger partial charge is 0.413 e. The van der Waals surface area contributed by atoms with Crippen molar-refractivity contribution < 1.29 is 31.1 Å². The van der Waals surface area contributed by atoms with E-state index in [0.29, 0.717) is 11.3 Å². The van der Waals surface area contributed by atoms with Crippen molar-refractivity contribution in [3.8, 4) is 11.4 Å². The lowest BCUT2D eigenvalue weighted by atomic mass is 10.1. The lowest BCUT2D eigenvalue weighted by Crippen LogP contribution is -2.24. The van der Waals surface area contributed by atoms with Crippen molar-refractivity contribution in [2.45, 2.75) is 26.4 Å². The Morgan fingerprint density at radius 1 is 1.18 bits per heavy atom. The molecule has 3 aromatic rings. The van der Waals surface area contributed by atoms with Crippen LogP contribution in [0.15, 0.2) is 30.3 Å². The van der Waals surface area contributed by atoms with Crippen LogP contribution >= 0.6 is 0 Å². The Balaban J connectivity index is 1.86. The highest BCUT2D eigenvalue weighted by Crippen LogP contribution is 2.30. The number of carbonyl (C=O) groups excluding carboxylic acids is 1. The lowest BCUT2D eigenvalue weighted by molar-refractivity contribution is -0.0160. The van der Waals surface area contributed by atoms with Crippen LogP contribution in [0.5, 0.6) is 0 Å². The number of carbonyl (C=O) groups is 1. The first-order valence-corrected chi connectivity index (χ1v) is 11.6. The lowest BCUT2D eigenvalue weighted by Gasteiger charge is -2.19. The van der Waals surface area contributed by atoms with Gasteiger partial charge in [-0.05, 0) is 38.1 Å². The summed E-state index contributed by atoms with van der Waals surface area (Å²) in [6, 6.07) is 6.48. The van der Waals surface area contributed by atoms with E-state index in [9.17, 15) is 26.4 Å². The van der Waals surface area contributed by atoms with Crippen LogP contribution in [0.4, 0.5) is 29.5 Å². The summed E-state index contributed by atoms with van der Waals surface area (Å²) >= 11 is 0. The number of benzene rings is 1. The zero-order chi connectivity index (χ0) is 25.2. The Bertz CT molecular complexity index is 1330. The Morgan fingerprint density at radius 3 is 2.50 bits per heavy atom. The zero-order valence-electron chi connectivity index (χ0n) is 18.5. The maximum atomic E-state index is 14.1. The SMILES string of the molecule is Cc1ccc(F)c([C@H](OC(=O)Nc2c(-c3ccc(NS(C)(=O)=O)c(C)n3)nnn2C)C(F)F)c1. The molecule has 0 aliphatic rings. The third kappa shape index (κ3) is 5.81. The van der Waals surface area contributed by atoms with Gasteiger partial charge in [0.05, 0.1) is 23.3 Å². The Labute approximate surface area is 193 Å². The molecular formula is C20H21F3N6O4S. The van der Waals surface area contributed by atoms with Crippen molar-refractivity contribution >= 4 is 27.6 Å². The molecule has 0 aliphatic carbocycles. The second-order valence-corrected chi connectivity index (χ2v) is 9.17. The van der Waals surface area contributed by atoms with Crippen LogP contribution < -0.4 is 10.0 Å². The fourth-order valence-electron chi connectivity index (χ4n) is 3.04. The number of aryl methyl sites for hydroxylation is 3. The molecule has 1 aromatic carbocycles. The predicted molar refractivity (Wildman–Crippen MR) is 117 cm³/mol. The minimum absolute atomic E-state index is 0.0292. The van der Waals surface area contributed by atoms with Gasteiger partial charge in [-0.3, -0.25) is 10.0 Å². The zero-order valence-corrected chi connectivity index (χ0v) is 19.3. The molecule has 1 atom stereocenters. The molecule has 0 aliphatic heterocycles. The topological polar surface area (TPSA) is 128 Å². The van der Waals surface area contributed by atoms with Crippen LogP contribution in [0.3, 0.4) is 0 Å². The largest absolute Gasteiger partial charge is 0.435 e. The fraction of sp³-hybridized carbons (Fsp3) is 0.300. The van der Waals surface area contributed by atoms with Crippen LogP contribution in [-0.4, -0.2) is 47.2 Å². The molecule has 0 radical (unpaired) electrons. The molecule has 3 rings (SSSR count). The molecule has 0 saturated heterocycles. The van der Waals surface area contributed by atoms with Gasteiger partial charge in [0.2, 0.25) is 10.0 Å². The van der Waals surface area contributed by atoms with E-state index in [2.05, 4.69) is 25.3 Å². The quantitative estimate of drug-likeness (QED) is 0.510. The number of nitrogens with zero attached hydrogens (tertiary/aromatic N) is 4. The molecule has 0 spiro atoms. The van der Waals surface area contributed by atoms with Crippen molar-refractivity contribution in [2.75, 3.05) is 16.3 Å². The van der Waals surface area contributed by atoms with E-state index in [1.54, 1.807) is 13.8 Å². The summed E-state index contributed by atoms with van der Waals surface area (Å²) in [6.45, 7) is 3.14. The number of halogens is 3. The standard InChI is InChI=1S/C20H21F3N6O4S/c1-10-5-6-13(21)12(9-10)17(18(22)23)33-20(30)25-19-16(26-28-29(19)3)15-8-7-14(11(2)24-15)27-34(4,31)32/h5-9,17-18,27H,1-4H3,(H,25,30)/t17-/m0/s1. The molecule has 2 aromatic heterocycles. The Morgan fingerprint density at radius 2 is 1.88 bits per heavy atom. The summed E-state index contributed by atoms with van der Waals surface area (Å²) in [5.41, 5.74) is 0.900. The molecular weight excluding hydrogens is 477 g/mol. The van der Waals surface area contributed by atoms with Crippen LogP contribution in [0.25, 0.3) is 11.4 Å². The number of hydrogen-bond donors (Lipinski definition) is 2.